The molecule has 1 saturated heterocycles. The van der Waals surface area contributed by atoms with Crippen LogP contribution >= 0.6 is 35.7 Å². The highest BCUT2D eigenvalue weighted by atomic mass is 127. The first-order valence-corrected chi connectivity index (χ1v) is 9.26. The van der Waals surface area contributed by atoms with Crippen molar-refractivity contribution in [1.29, 1.82) is 0 Å². The largest absolute Gasteiger partial charge is 0.355 e. The van der Waals surface area contributed by atoms with Crippen molar-refractivity contribution in [2.75, 3.05) is 46.0 Å². The minimum absolute atomic E-state index is 0. The molecule has 1 aromatic rings. The Morgan fingerprint density at radius 1 is 1.22 bits per heavy atom. The van der Waals surface area contributed by atoms with Gasteiger partial charge in [0.05, 0.1) is 0 Å². The van der Waals surface area contributed by atoms with Crippen molar-refractivity contribution in [1.82, 2.24) is 15.1 Å². The Morgan fingerprint density at radius 2 is 1.87 bits per heavy atom. The van der Waals surface area contributed by atoms with Crippen molar-refractivity contribution in [3.05, 3.63) is 35.9 Å². The van der Waals surface area contributed by atoms with Gasteiger partial charge in [-0.15, -0.1) is 24.0 Å². The number of guanidine groups is 1. The number of benzene rings is 1. The quantitative estimate of drug-likeness (QED) is 0.427. The summed E-state index contributed by atoms with van der Waals surface area (Å²) in [4.78, 5) is 9.32. The fraction of sp³-hybridized carbons (Fsp3) is 0.588. The molecule has 6 heteroatoms. The molecule has 130 valence electrons. The molecule has 4 nitrogen and oxygen atoms in total. The molecule has 1 N–H and O–H groups in total. The van der Waals surface area contributed by atoms with Gasteiger partial charge in [0.25, 0.3) is 0 Å². The van der Waals surface area contributed by atoms with Gasteiger partial charge in [0.2, 0.25) is 0 Å². The van der Waals surface area contributed by atoms with Crippen molar-refractivity contribution >= 4 is 41.7 Å². The van der Waals surface area contributed by atoms with Gasteiger partial charge in [0.15, 0.2) is 5.96 Å². The number of halogens is 1. The van der Waals surface area contributed by atoms with E-state index in [0.717, 1.165) is 45.2 Å². The first kappa shape index (κ1) is 20.6. The number of rotatable bonds is 5. The Hall–Kier alpha value is -0.470. The molecule has 1 unspecified atom stereocenters. The maximum absolute atomic E-state index is 4.43. The molecule has 1 fully saturated rings. The highest BCUT2D eigenvalue weighted by molar-refractivity contribution is 14.0. The molecule has 1 aromatic carbocycles. The van der Waals surface area contributed by atoms with Gasteiger partial charge in [-0.05, 0) is 11.8 Å². The zero-order valence-electron chi connectivity index (χ0n) is 14.4. The number of nitrogens with zero attached hydrogens (tertiary/aromatic N) is 3. The summed E-state index contributed by atoms with van der Waals surface area (Å²) in [5.41, 5.74) is 1.40. The van der Waals surface area contributed by atoms with Gasteiger partial charge in [-0.3, -0.25) is 9.89 Å². The third kappa shape index (κ3) is 6.89. The highest BCUT2D eigenvalue weighted by Crippen LogP contribution is 2.09. The van der Waals surface area contributed by atoms with E-state index in [9.17, 15) is 0 Å². The molecular weight excluding hydrogens is 419 g/mol. The molecule has 0 bridgehead atoms. The second-order valence-corrected chi connectivity index (χ2v) is 7.00. The molecule has 0 aromatic heterocycles. The van der Waals surface area contributed by atoms with E-state index in [0.29, 0.717) is 5.25 Å². The van der Waals surface area contributed by atoms with Crippen LogP contribution in [0.25, 0.3) is 0 Å². The Kier molecular flexibility index (Phi) is 9.97. The van der Waals surface area contributed by atoms with Gasteiger partial charge in [0.1, 0.15) is 0 Å². The van der Waals surface area contributed by atoms with Crippen LogP contribution in [0, 0.1) is 0 Å². The molecule has 1 aliphatic rings. The normalized spacial score (nSPS) is 17.5. The van der Waals surface area contributed by atoms with E-state index in [1.807, 2.05) is 18.8 Å². The molecular formula is C17H29IN4S. The van der Waals surface area contributed by atoms with E-state index in [1.165, 1.54) is 5.56 Å². The lowest BCUT2D eigenvalue weighted by Gasteiger charge is -2.36. The minimum atomic E-state index is 0. The number of aliphatic imine (C=N–C) groups is 1. The number of thioether (sulfide) groups is 1. The Balaban J connectivity index is 0.00000264. The first-order valence-electron chi connectivity index (χ1n) is 7.97. The highest BCUT2D eigenvalue weighted by Gasteiger charge is 2.19. The summed E-state index contributed by atoms with van der Waals surface area (Å²) < 4.78 is 0. The van der Waals surface area contributed by atoms with E-state index in [1.54, 1.807) is 0 Å². The van der Waals surface area contributed by atoms with Crippen molar-refractivity contribution in [2.45, 2.75) is 18.7 Å². The van der Waals surface area contributed by atoms with Gasteiger partial charge in [-0.1, -0.05) is 37.3 Å². The summed E-state index contributed by atoms with van der Waals surface area (Å²) >= 11 is 1.88. The van der Waals surface area contributed by atoms with E-state index >= 15 is 0 Å². The summed E-state index contributed by atoms with van der Waals surface area (Å²) in [6, 6.07) is 10.7. The number of nitrogens with one attached hydrogen (secondary N) is 1. The molecule has 0 saturated carbocycles. The van der Waals surface area contributed by atoms with Gasteiger partial charge in [-0.2, -0.15) is 11.8 Å². The summed E-state index contributed by atoms with van der Waals surface area (Å²) in [7, 11) is 1.88. The Bertz CT molecular complexity index is 461. The number of hydrogen-bond donors (Lipinski definition) is 1. The second kappa shape index (κ2) is 11.1. The lowest BCUT2D eigenvalue weighted by Crippen LogP contribution is -2.52. The minimum Gasteiger partial charge on any atom is -0.355 e. The molecule has 1 atom stereocenters. The molecule has 0 amide bonds. The molecule has 0 spiro atoms. The zero-order chi connectivity index (χ0) is 15.8. The molecule has 0 radical (unpaired) electrons. The van der Waals surface area contributed by atoms with Crippen LogP contribution in [0.2, 0.25) is 0 Å². The van der Waals surface area contributed by atoms with E-state index in [4.69, 9.17) is 0 Å². The van der Waals surface area contributed by atoms with Crippen LogP contribution in [0.5, 0.6) is 0 Å². The first-order chi connectivity index (χ1) is 10.7. The molecule has 23 heavy (non-hydrogen) atoms. The number of piperazine rings is 1. The summed E-state index contributed by atoms with van der Waals surface area (Å²) in [6.07, 6.45) is 2.15. The average molecular weight is 448 g/mol. The fourth-order valence-electron chi connectivity index (χ4n) is 2.61. The lowest BCUT2D eigenvalue weighted by molar-refractivity contribution is 0.172. The maximum Gasteiger partial charge on any atom is 0.193 e. The molecule has 2 rings (SSSR count). The van der Waals surface area contributed by atoms with Gasteiger partial charge in [0, 0.05) is 51.6 Å². The van der Waals surface area contributed by atoms with Crippen LogP contribution in [0.3, 0.4) is 0 Å². The summed E-state index contributed by atoms with van der Waals surface area (Å²) in [5, 5.41) is 4.10. The van der Waals surface area contributed by atoms with Crippen molar-refractivity contribution < 1.29 is 0 Å². The Labute approximate surface area is 162 Å². The van der Waals surface area contributed by atoms with Crippen molar-refractivity contribution in [3.8, 4) is 0 Å². The van der Waals surface area contributed by atoms with E-state index < -0.39 is 0 Å². The molecule has 1 aliphatic heterocycles. The van der Waals surface area contributed by atoms with Crippen molar-refractivity contribution in [3.63, 3.8) is 0 Å². The van der Waals surface area contributed by atoms with Crippen LogP contribution in [0.15, 0.2) is 35.3 Å². The standard InChI is InChI=1S/C17H28N4S.HI/c1-15(22-3)13-19-17(18-2)21-11-9-20(10-12-21)14-16-7-5-4-6-8-16;/h4-8,15H,9-14H2,1-3H3,(H,18,19);1H. The van der Waals surface area contributed by atoms with E-state index in [2.05, 4.69) is 63.6 Å². The predicted octanol–water partition coefficient (Wildman–Crippen LogP) is 2.75. The lowest BCUT2D eigenvalue weighted by atomic mass is 10.2. The van der Waals surface area contributed by atoms with E-state index in [-0.39, 0.29) is 24.0 Å². The second-order valence-electron chi connectivity index (χ2n) is 5.72. The topological polar surface area (TPSA) is 30.9 Å². The fourth-order valence-corrected chi connectivity index (χ4v) is 2.86. The maximum atomic E-state index is 4.43. The third-order valence-corrected chi connectivity index (χ3v) is 5.05. The van der Waals surface area contributed by atoms with Gasteiger partial charge < -0.3 is 10.2 Å². The zero-order valence-corrected chi connectivity index (χ0v) is 17.5. The predicted molar refractivity (Wildman–Crippen MR) is 113 cm³/mol. The van der Waals surface area contributed by atoms with Crippen LogP contribution in [0.4, 0.5) is 0 Å². The summed E-state index contributed by atoms with van der Waals surface area (Å²) in [6.45, 7) is 8.52. The van der Waals surface area contributed by atoms with Crippen LogP contribution in [-0.2, 0) is 6.54 Å². The van der Waals surface area contributed by atoms with Crippen LogP contribution in [0.1, 0.15) is 12.5 Å². The van der Waals surface area contributed by atoms with Crippen molar-refractivity contribution in [2.24, 2.45) is 4.99 Å². The average Bonchev–Trinajstić information content (AvgIpc) is 2.57. The van der Waals surface area contributed by atoms with Crippen LogP contribution < -0.4 is 5.32 Å². The Morgan fingerprint density at radius 3 is 2.43 bits per heavy atom. The SMILES string of the molecule is CN=C(NCC(C)SC)N1CCN(Cc2ccccc2)CC1.I. The monoisotopic (exact) mass is 448 g/mol. The van der Waals surface area contributed by atoms with Gasteiger partial charge >= 0.3 is 0 Å². The molecule has 1 heterocycles. The third-order valence-electron chi connectivity index (χ3n) is 4.08. The van der Waals surface area contributed by atoms with Gasteiger partial charge in [-0.25, -0.2) is 0 Å². The van der Waals surface area contributed by atoms with Crippen LogP contribution in [-0.4, -0.2) is 67.0 Å². The smallest absolute Gasteiger partial charge is 0.193 e. The molecule has 0 aliphatic carbocycles. The number of hydrogen-bond acceptors (Lipinski definition) is 3. The summed E-state index contributed by atoms with van der Waals surface area (Å²) in [5.74, 6) is 1.04.